The van der Waals surface area contributed by atoms with Crippen molar-refractivity contribution in [3.05, 3.63) is 48.0 Å². The molecule has 0 aromatic heterocycles. The van der Waals surface area contributed by atoms with Crippen LogP contribution in [0.3, 0.4) is 0 Å². The Kier molecular flexibility index (Phi) is 3.73. The number of benzene rings is 1. The van der Waals surface area contributed by atoms with Gasteiger partial charge in [0.25, 0.3) is 0 Å². The lowest BCUT2D eigenvalue weighted by atomic mass is 10.1. The van der Waals surface area contributed by atoms with Crippen molar-refractivity contribution >= 4 is 8.32 Å². The first-order valence-corrected chi connectivity index (χ1v) is 9.72. The summed E-state index contributed by atoms with van der Waals surface area (Å²) in [5.41, 5.74) is 2.33. The largest absolute Gasteiger partial charge is 0.389 e. The van der Waals surface area contributed by atoms with Crippen LogP contribution < -0.4 is 0 Å². The molecule has 0 saturated carbocycles. The third-order valence-electron chi connectivity index (χ3n) is 4.25. The first-order valence-electron chi connectivity index (χ1n) is 6.81. The smallest absolute Gasteiger partial charge is 0.195 e. The van der Waals surface area contributed by atoms with Crippen molar-refractivity contribution in [1.82, 2.24) is 0 Å². The fourth-order valence-electron chi connectivity index (χ4n) is 1.98. The van der Waals surface area contributed by atoms with Gasteiger partial charge in [0.1, 0.15) is 6.10 Å². The lowest BCUT2D eigenvalue weighted by Crippen LogP contribution is -2.41. The average Bonchev–Trinajstić information content (AvgIpc) is 2.66. The number of hydrogen-bond donors (Lipinski definition) is 0. The van der Waals surface area contributed by atoms with E-state index in [0.29, 0.717) is 0 Å². The van der Waals surface area contributed by atoms with Gasteiger partial charge in [-0.15, -0.1) is 6.58 Å². The Bertz CT molecular complexity index is 474. The highest BCUT2D eigenvalue weighted by atomic mass is 28.4. The predicted molar refractivity (Wildman–Crippen MR) is 81.5 cm³/mol. The zero-order chi connectivity index (χ0) is 14.3. The second kappa shape index (κ2) is 4.89. The standard InChI is InChI=1S/C16H24O2Si/c1-7-14-12-10-8-9-11-13(12)15(17-14)18-19(5,6)16(2,3)4/h7-11,14-15H,1H2,2-6H3. The van der Waals surface area contributed by atoms with Crippen LogP contribution in [0.2, 0.25) is 18.1 Å². The van der Waals surface area contributed by atoms with Gasteiger partial charge in [0, 0.05) is 5.56 Å². The van der Waals surface area contributed by atoms with Crippen LogP contribution in [0.5, 0.6) is 0 Å². The number of hydrogen-bond acceptors (Lipinski definition) is 2. The van der Waals surface area contributed by atoms with E-state index >= 15 is 0 Å². The van der Waals surface area contributed by atoms with Crippen molar-refractivity contribution in [3.63, 3.8) is 0 Å². The molecule has 3 heteroatoms. The molecule has 104 valence electrons. The van der Waals surface area contributed by atoms with Crippen molar-refractivity contribution in [3.8, 4) is 0 Å². The van der Waals surface area contributed by atoms with Crippen LogP contribution in [0.25, 0.3) is 0 Å². The minimum atomic E-state index is -1.84. The van der Waals surface area contributed by atoms with Gasteiger partial charge in [0.15, 0.2) is 14.6 Å². The molecular formula is C16H24O2Si. The summed E-state index contributed by atoms with van der Waals surface area (Å²) in [5.74, 6) is 0. The van der Waals surface area contributed by atoms with Crippen LogP contribution in [-0.2, 0) is 9.16 Å². The van der Waals surface area contributed by atoms with Crippen LogP contribution in [0.15, 0.2) is 36.9 Å². The molecule has 0 amide bonds. The number of fused-ring (bicyclic) bond motifs is 1. The summed E-state index contributed by atoms with van der Waals surface area (Å²) in [6, 6.07) is 8.26. The average molecular weight is 276 g/mol. The minimum absolute atomic E-state index is 0.0500. The zero-order valence-electron chi connectivity index (χ0n) is 12.6. The molecule has 0 spiro atoms. The Morgan fingerprint density at radius 3 is 2.32 bits per heavy atom. The van der Waals surface area contributed by atoms with E-state index in [0.717, 1.165) is 5.56 Å². The lowest BCUT2D eigenvalue weighted by molar-refractivity contribution is -0.0963. The summed E-state index contributed by atoms with van der Waals surface area (Å²) in [5, 5.41) is 0.178. The summed E-state index contributed by atoms with van der Waals surface area (Å²) >= 11 is 0. The molecule has 1 aliphatic rings. The minimum Gasteiger partial charge on any atom is -0.389 e. The molecule has 1 aromatic rings. The van der Waals surface area contributed by atoms with Gasteiger partial charge in [-0.2, -0.15) is 0 Å². The molecule has 0 fully saturated rings. The fraction of sp³-hybridized carbons (Fsp3) is 0.500. The molecule has 2 unspecified atom stereocenters. The molecule has 0 saturated heterocycles. The van der Waals surface area contributed by atoms with E-state index in [1.165, 1.54) is 5.56 Å². The summed E-state index contributed by atoms with van der Waals surface area (Å²) in [7, 11) is -1.84. The van der Waals surface area contributed by atoms with E-state index in [4.69, 9.17) is 9.16 Å². The summed E-state index contributed by atoms with van der Waals surface area (Å²) in [4.78, 5) is 0. The summed E-state index contributed by atoms with van der Waals surface area (Å²) < 4.78 is 12.4. The van der Waals surface area contributed by atoms with Gasteiger partial charge >= 0.3 is 0 Å². The molecule has 1 aliphatic heterocycles. The Morgan fingerprint density at radius 2 is 1.79 bits per heavy atom. The number of rotatable bonds is 3. The van der Waals surface area contributed by atoms with Crippen LogP contribution >= 0.6 is 0 Å². The summed E-state index contributed by atoms with van der Waals surface area (Å²) in [6.07, 6.45) is 1.54. The molecule has 0 N–H and O–H groups in total. The Labute approximate surface area is 117 Å². The Hall–Kier alpha value is -0.903. The predicted octanol–water partition coefficient (Wildman–Crippen LogP) is 4.96. The zero-order valence-corrected chi connectivity index (χ0v) is 13.6. The van der Waals surface area contributed by atoms with Crippen molar-refractivity contribution in [2.75, 3.05) is 0 Å². The molecule has 0 radical (unpaired) electrons. The fourth-order valence-corrected chi connectivity index (χ4v) is 3.05. The molecular weight excluding hydrogens is 252 g/mol. The maximum absolute atomic E-state index is 6.39. The molecule has 2 atom stereocenters. The highest BCUT2D eigenvalue weighted by molar-refractivity contribution is 6.74. The topological polar surface area (TPSA) is 18.5 Å². The van der Waals surface area contributed by atoms with E-state index in [-0.39, 0.29) is 17.4 Å². The number of ether oxygens (including phenoxy) is 1. The quantitative estimate of drug-likeness (QED) is 0.573. The van der Waals surface area contributed by atoms with Gasteiger partial charge in [-0.05, 0) is 23.7 Å². The second-order valence-corrected chi connectivity index (χ2v) is 11.4. The van der Waals surface area contributed by atoms with Crippen LogP contribution in [-0.4, -0.2) is 8.32 Å². The van der Waals surface area contributed by atoms with E-state index < -0.39 is 8.32 Å². The van der Waals surface area contributed by atoms with Crippen molar-refractivity contribution in [2.24, 2.45) is 0 Å². The lowest BCUT2D eigenvalue weighted by Gasteiger charge is -2.38. The molecule has 1 aromatic carbocycles. The Morgan fingerprint density at radius 1 is 1.21 bits per heavy atom. The molecule has 1 heterocycles. The molecule has 2 rings (SSSR count). The summed E-state index contributed by atoms with van der Waals surface area (Å²) in [6.45, 7) is 15.1. The Balaban J connectivity index is 2.27. The SMILES string of the molecule is C=CC1OC(O[Si](C)(C)C(C)(C)C)c2ccccc21. The third kappa shape index (κ3) is 2.68. The van der Waals surface area contributed by atoms with Gasteiger partial charge < -0.3 is 9.16 Å². The van der Waals surface area contributed by atoms with Crippen molar-refractivity contribution < 1.29 is 9.16 Å². The van der Waals surface area contributed by atoms with Gasteiger partial charge in [-0.1, -0.05) is 51.1 Å². The monoisotopic (exact) mass is 276 g/mol. The van der Waals surface area contributed by atoms with Crippen LogP contribution in [0, 0.1) is 0 Å². The molecule has 0 aliphatic carbocycles. The highest BCUT2D eigenvalue weighted by Gasteiger charge is 2.42. The van der Waals surface area contributed by atoms with Gasteiger partial charge in [0.2, 0.25) is 0 Å². The van der Waals surface area contributed by atoms with Gasteiger partial charge in [0.05, 0.1) is 0 Å². The molecule has 2 nitrogen and oxygen atoms in total. The van der Waals surface area contributed by atoms with E-state index in [9.17, 15) is 0 Å². The van der Waals surface area contributed by atoms with E-state index in [2.05, 4.69) is 52.6 Å². The van der Waals surface area contributed by atoms with E-state index in [1.54, 1.807) is 0 Å². The first kappa shape index (κ1) is 14.5. The maximum atomic E-state index is 6.39. The maximum Gasteiger partial charge on any atom is 0.195 e. The molecule has 0 bridgehead atoms. The van der Waals surface area contributed by atoms with Gasteiger partial charge in [-0.3, -0.25) is 0 Å². The highest BCUT2D eigenvalue weighted by Crippen LogP contribution is 2.45. The second-order valence-electron chi connectivity index (χ2n) is 6.63. The van der Waals surface area contributed by atoms with Gasteiger partial charge in [-0.25, -0.2) is 0 Å². The van der Waals surface area contributed by atoms with Crippen LogP contribution in [0.1, 0.15) is 44.3 Å². The van der Waals surface area contributed by atoms with Crippen molar-refractivity contribution in [1.29, 1.82) is 0 Å². The third-order valence-corrected chi connectivity index (χ3v) is 8.66. The van der Waals surface area contributed by atoms with E-state index in [1.807, 2.05) is 18.2 Å². The van der Waals surface area contributed by atoms with Crippen molar-refractivity contribution in [2.45, 2.75) is 51.3 Å². The molecule has 19 heavy (non-hydrogen) atoms. The van der Waals surface area contributed by atoms with Crippen LogP contribution in [0.4, 0.5) is 0 Å². The normalized spacial score (nSPS) is 23.2. The first-order chi connectivity index (χ1) is 8.76.